The van der Waals surface area contributed by atoms with Gasteiger partial charge in [-0.2, -0.15) is 11.8 Å². The van der Waals surface area contributed by atoms with Crippen LogP contribution in [0.5, 0.6) is 0 Å². The Kier molecular flexibility index (Phi) is 10.3. The van der Waals surface area contributed by atoms with E-state index < -0.39 is 11.9 Å². The third-order valence-electron chi connectivity index (χ3n) is 7.53. The molecule has 0 amide bonds. The van der Waals surface area contributed by atoms with E-state index in [2.05, 4.69) is 30.8 Å². The predicted molar refractivity (Wildman–Crippen MR) is 141 cm³/mol. The molecule has 0 aromatic heterocycles. The van der Waals surface area contributed by atoms with E-state index in [4.69, 9.17) is 14.5 Å². The van der Waals surface area contributed by atoms with Crippen LogP contribution in [0.4, 0.5) is 9.18 Å². The number of ether oxygens (including phenoxy) is 2. The van der Waals surface area contributed by atoms with Crippen LogP contribution in [0.15, 0.2) is 29.3 Å². The highest BCUT2D eigenvalue weighted by Crippen LogP contribution is 2.43. The van der Waals surface area contributed by atoms with Gasteiger partial charge in [-0.15, -0.1) is 0 Å². The fraction of sp³-hybridized carbons (Fsp3) is 0.704. The van der Waals surface area contributed by atoms with Crippen molar-refractivity contribution >= 4 is 24.3 Å². The number of thioether (sulfide) groups is 1. The highest BCUT2D eigenvalue weighted by molar-refractivity contribution is 7.98. The second kappa shape index (κ2) is 12.9. The predicted octanol–water partition coefficient (Wildman–Crippen LogP) is 5.98. The van der Waals surface area contributed by atoms with Gasteiger partial charge in [-0.3, -0.25) is 0 Å². The zero-order chi connectivity index (χ0) is 25.4. The van der Waals surface area contributed by atoms with Crippen LogP contribution in [0.1, 0.15) is 63.5 Å². The lowest BCUT2D eigenvalue weighted by molar-refractivity contribution is -0.0434. The minimum Gasteiger partial charge on any atom is -0.438 e. The van der Waals surface area contributed by atoms with E-state index in [1.54, 1.807) is 17.8 Å². The van der Waals surface area contributed by atoms with Gasteiger partial charge in [-0.25, -0.2) is 14.2 Å². The Bertz CT molecular complexity index is 847. The van der Waals surface area contributed by atoms with Crippen molar-refractivity contribution < 1.29 is 18.7 Å². The Morgan fingerprint density at radius 3 is 2.66 bits per heavy atom. The Hall–Kier alpha value is -1.80. The lowest BCUT2D eigenvalue weighted by atomic mass is 9.74. The molecule has 0 N–H and O–H groups in total. The number of rotatable bonds is 11. The van der Waals surface area contributed by atoms with Crippen molar-refractivity contribution in [2.75, 3.05) is 39.8 Å². The second-order valence-electron chi connectivity index (χ2n) is 10.2. The number of aliphatic imine (C=N–C) groups is 1. The molecule has 1 aromatic carbocycles. The fourth-order valence-corrected chi connectivity index (χ4v) is 6.60. The van der Waals surface area contributed by atoms with Crippen molar-refractivity contribution in [1.29, 1.82) is 0 Å². The minimum absolute atomic E-state index is 0.00927. The Labute approximate surface area is 214 Å². The number of carbonyl (C=O) groups is 1. The standard InChI is InChI=1S/C27H42FN3O3S/c1-6-7-15-31-19-29-27(18-35-5,34-26(32)33-4)24(31)16-20-11-13-21(14-12-20)25(30(2)3)22-9-8-10-23(28)17-22/h8-10,17,19-21,24-25H,6-7,11-16,18H2,1-5H3. The van der Waals surface area contributed by atoms with Gasteiger partial charge in [0.2, 0.25) is 5.72 Å². The summed E-state index contributed by atoms with van der Waals surface area (Å²) >= 11 is 1.64. The van der Waals surface area contributed by atoms with Gasteiger partial charge < -0.3 is 19.3 Å². The number of nitrogens with zero attached hydrogens (tertiary/aromatic N) is 3. The topological polar surface area (TPSA) is 54.4 Å². The number of unbranched alkanes of at least 4 members (excludes halogenated alkanes) is 1. The van der Waals surface area contributed by atoms with E-state index in [9.17, 15) is 9.18 Å². The highest BCUT2D eigenvalue weighted by atomic mass is 32.2. The van der Waals surface area contributed by atoms with Gasteiger partial charge in [0.05, 0.1) is 25.2 Å². The smallest absolute Gasteiger partial charge is 0.438 e. The molecule has 1 aromatic rings. The average molecular weight is 508 g/mol. The molecule has 0 bridgehead atoms. The van der Waals surface area contributed by atoms with Crippen molar-refractivity contribution in [1.82, 2.24) is 9.80 Å². The lowest BCUT2D eigenvalue weighted by Crippen LogP contribution is -2.51. The lowest BCUT2D eigenvalue weighted by Gasteiger charge is -2.41. The molecule has 0 spiro atoms. The first-order chi connectivity index (χ1) is 16.8. The summed E-state index contributed by atoms with van der Waals surface area (Å²) in [6.45, 7) is 3.09. The van der Waals surface area contributed by atoms with E-state index in [-0.39, 0.29) is 17.9 Å². The first-order valence-corrected chi connectivity index (χ1v) is 14.2. The van der Waals surface area contributed by atoms with E-state index in [0.717, 1.165) is 57.1 Å². The largest absolute Gasteiger partial charge is 0.510 e. The van der Waals surface area contributed by atoms with Gasteiger partial charge in [0.25, 0.3) is 0 Å². The number of carbonyl (C=O) groups excluding carboxylic acids is 1. The summed E-state index contributed by atoms with van der Waals surface area (Å²) in [4.78, 5) is 21.4. The van der Waals surface area contributed by atoms with Crippen LogP contribution in [0.3, 0.4) is 0 Å². The molecule has 1 fully saturated rings. The van der Waals surface area contributed by atoms with E-state index in [0.29, 0.717) is 17.6 Å². The van der Waals surface area contributed by atoms with Gasteiger partial charge in [-0.1, -0.05) is 38.3 Å². The van der Waals surface area contributed by atoms with Crippen LogP contribution in [0.2, 0.25) is 0 Å². The molecule has 3 atom stereocenters. The van der Waals surface area contributed by atoms with Crippen LogP contribution in [-0.2, 0) is 9.47 Å². The number of halogens is 1. The summed E-state index contributed by atoms with van der Waals surface area (Å²) in [5.74, 6) is 1.44. The molecule has 0 saturated heterocycles. The van der Waals surface area contributed by atoms with Gasteiger partial charge in [0.1, 0.15) is 5.82 Å². The van der Waals surface area contributed by atoms with E-state index in [1.165, 1.54) is 13.2 Å². The van der Waals surface area contributed by atoms with Gasteiger partial charge in [0, 0.05) is 12.6 Å². The number of methoxy groups -OCH3 is 1. The highest BCUT2D eigenvalue weighted by Gasteiger charge is 2.49. The summed E-state index contributed by atoms with van der Waals surface area (Å²) in [7, 11) is 5.52. The molecule has 3 rings (SSSR count). The summed E-state index contributed by atoms with van der Waals surface area (Å²) in [5.41, 5.74) is 0.143. The molecule has 8 heteroatoms. The first-order valence-electron chi connectivity index (χ1n) is 12.8. The Morgan fingerprint density at radius 2 is 2.06 bits per heavy atom. The maximum atomic E-state index is 13.9. The number of benzene rings is 1. The summed E-state index contributed by atoms with van der Waals surface area (Å²) < 4.78 is 24.6. The second-order valence-corrected chi connectivity index (χ2v) is 11.0. The molecule has 1 aliphatic heterocycles. The number of hydrogen-bond donors (Lipinski definition) is 0. The third kappa shape index (κ3) is 6.91. The van der Waals surface area contributed by atoms with Crippen LogP contribution in [0, 0.1) is 17.7 Å². The van der Waals surface area contributed by atoms with Crippen LogP contribution in [0.25, 0.3) is 0 Å². The molecule has 35 heavy (non-hydrogen) atoms. The van der Waals surface area contributed by atoms with Gasteiger partial charge >= 0.3 is 6.16 Å². The average Bonchev–Trinajstić information content (AvgIpc) is 3.15. The van der Waals surface area contributed by atoms with Crippen molar-refractivity contribution in [3.63, 3.8) is 0 Å². The summed E-state index contributed by atoms with van der Waals surface area (Å²) in [5, 5.41) is 0. The maximum Gasteiger partial charge on any atom is 0.510 e. The molecule has 1 saturated carbocycles. The SMILES string of the molecule is CCCCN1C=NC(CSC)(OC(=O)OC)C1CC1CCC(C(c2cccc(F)c2)N(C)C)CC1. The van der Waals surface area contributed by atoms with Crippen LogP contribution < -0.4 is 0 Å². The molecule has 196 valence electrons. The van der Waals surface area contributed by atoms with Gasteiger partial charge in [0.15, 0.2) is 0 Å². The normalized spacial score (nSPS) is 27.3. The molecule has 1 heterocycles. The molecule has 2 aliphatic rings. The monoisotopic (exact) mass is 507 g/mol. The molecule has 0 radical (unpaired) electrons. The Morgan fingerprint density at radius 1 is 1.31 bits per heavy atom. The molecular weight excluding hydrogens is 465 g/mol. The molecule has 1 aliphatic carbocycles. The summed E-state index contributed by atoms with van der Waals surface area (Å²) in [6, 6.07) is 7.26. The van der Waals surface area contributed by atoms with Crippen LogP contribution >= 0.6 is 11.8 Å². The minimum atomic E-state index is -0.912. The van der Waals surface area contributed by atoms with Crippen molar-refractivity contribution in [2.24, 2.45) is 16.8 Å². The zero-order valence-electron chi connectivity index (χ0n) is 21.9. The maximum absolute atomic E-state index is 13.9. The molecule has 3 unspecified atom stereocenters. The van der Waals surface area contributed by atoms with Crippen molar-refractivity contribution in [3.05, 3.63) is 35.6 Å². The van der Waals surface area contributed by atoms with E-state index in [1.807, 2.05) is 24.7 Å². The van der Waals surface area contributed by atoms with E-state index >= 15 is 0 Å². The molecular formula is C27H42FN3O3S. The Balaban J connectivity index is 1.72. The third-order valence-corrected chi connectivity index (χ3v) is 8.24. The number of hydrogen-bond acceptors (Lipinski definition) is 7. The quantitative estimate of drug-likeness (QED) is 0.344. The van der Waals surface area contributed by atoms with Crippen molar-refractivity contribution in [3.8, 4) is 0 Å². The zero-order valence-corrected chi connectivity index (χ0v) is 22.7. The van der Waals surface area contributed by atoms with Gasteiger partial charge in [-0.05, 0) is 75.6 Å². The summed E-state index contributed by atoms with van der Waals surface area (Å²) in [6.07, 6.45) is 10.7. The van der Waals surface area contributed by atoms with Crippen LogP contribution in [-0.4, -0.2) is 73.8 Å². The fourth-order valence-electron chi connectivity index (χ4n) is 5.86. The molecule has 6 nitrogen and oxygen atoms in total. The first kappa shape index (κ1) is 27.8. The van der Waals surface area contributed by atoms with Crippen molar-refractivity contribution in [2.45, 2.75) is 69.7 Å².